The first-order valence-electron chi connectivity index (χ1n) is 48.2. The number of carbonyl (C=O) groups excluding carboxylic acids is 11. The number of carboxylic acids is 1. The highest BCUT2D eigenvalue weighted by atomic mass is 33.1. The Morgan fingerprint density at radius 3 is 1.34 bits per heavy atom. The minimum atomic E-state index is -1.06. The molecule has 0 spiro atoms. The summed E-state index contributed by atoms with van der Waals surface area (Å²) in [6.45, 7) is 25.8. The van der Waals surface area contributed by atoms with Gasteiger partial charge in [0.1, 0.15) is 31.9 Å². The van der Waals surface area contributed by atoms with E-state index in [1.165, 1.54) is 42.7 Å². The quantitative estimate of drug-likeness (QED) is 0.0105. The van der Waals surface area contributed by atoms with Gasteiger partial charge < -0.3 is 133 Å². The summed E-state index contributed by atoms with van der Waals surface area (Å²) < 4.78 is 74.4. The summed E-state index contributed by atoms with van der Waals surface area (Å²) in [5.41, 5.74) is 0.794. The molecule has 0 saturated carbocycles. The number of aliphatic hydroxyl groups excluding tert-OH is 5. The minimum absolute atomic E-state index is 0.00472. The Kier molecular flexibility index (Phi) is 76.5. The number of aliphatic hydroxyl groups is 5. The summed E-state index contributed by atoms with van der Waals surface area (Å²) in [6, 6.07) is 5.92. The number of aliphatic carboxylic acids is 1. The minimum Gasteiger partial charge on any atom is -0.481 e. The van der Waals surface area contributed by atoms with Crippen molar-refractivity contribution in [3.05, 3.63) is 35.9 Å². The number of carbonyl (C=O) groups is 12. The van der Waals surface area contributed by atoms with E-state index in [0.717, 1.165) is 12.0 Å². The molecule has 0 bridgehead atoms. The number of amides is 7. The second-order valence-electron chi connectivity index (χ2n) is 34.9. The van der Waals surface area contributed by atoms with E-state index in [2.05, 4.69) is 40.4 Å². The average Bonchev–Trinajstić information content (AvgIpc) is 1.42. The van der Waals surface area contributed by atoms with Crippen molar-refractivity contribution in [1.29, 1.82) is 0 Å². The topological polar surface area (TPSA) is 525 Å². The first-order valence-corrected chi connectivity index (χ1v) is 50.7. The van der Waals surface area contributed by atoms with Crippen molar-refractivity contribution in [1.82, 2.24) is 41.3 Å². The number of likely N-dealkylation sites (tertiary alicyclic amines) is 1. The highest BCUT2D eigenvalue weighted by Gasteiger charge is 2.44. The molecule has 0 aliphatic carbocycles. The molecular formula is C96H174N8O32S2. The molecule has 11 N–H and O–H groups in total. The average molecular weight is 2020 g/mol. The van der Waals surface area contributed by atoms with Crippen molar-refractivity contribution >= 4 is 92.8 Å². The van der Waals surface area contributed by atoms with E-state index in [1.807, 2.05) is 125 Å². The van der Waals surface area contributed by atoms with Crippen molar-refractivity contribution < 1.29 is 154 Å². The zero-order valence-electron chi connectivity index (χ0n) is 86.6. The second-order valence-corrected chi connectivity index (χ2v) is 38.0. The monoisotopic (exact) mass is 2020 g/mol. The Hall–Kier alpha value is -7.08. The van der Waals surface area contributed by atoms with Crippen LogP contribution in [0, 0.1) is 23.7 Å². The van der Waals surface area contributed by atoms with E-state index in [-0.39, 0.29) is 206 Å². The number of nitrogens with one attached hydrogen (secondary N) is 5. The van der Waals surface area contributed by atoms with E-state index in [4.69, 9.17) is 91.8 Å². The van der Waals surface area contributed by atoms with E-state index in [9.17, 15) is 62.6 Å². The second kappa shape index (κ2) is 79.4. The summed E-state index contributed by atoms with van der Waals surface area (Å²) in [6.07, 6.45) is 4.27. The molecule has 0 radical (unpaired) electrons. The van der Waals surface area contributed by atoms with Crippen LogP contribution in [-0.4, -0.2) is 369 Å². The van der Waals surface area contributed by atoms with E-state index in [0.29, 0.717) is 90.3 Å². The molecule has 42 heteroatoms. The Labute approximate surface area is 827 Å². The predicted molar refractivity (Wildman–Crippen MR) is 522 cm³/mol. The van der Waals surface area contributed by atoms with Crippen molar-refractivity contribution in [2.45, 2.75) is 328 Å². The van der Waals surface area contributed by atoms with Gasteiger partial charge in [-0.25, -0.2) is 4.79 Å². The number of ether oxygens (including phenoxy) is 14. The van der Waals surface area contributed by atoms with Crippen LogP contribution in [0.15, 0.2) is 30.3 Å². The summed E-state index contributed by atoms with van der Waals surface area (Å²) >= 11 is 0. The molecule has 802 valence electrons. The standard InChI is InChI=1S/C55H94N6O14.C22H42N2O7S2.C12H22O7.C7H16O4/c1-15-37(7)50(60(11)54(68)48(35(3)4)58-53(67)49(36(5)6)59(9)10)43(70-12)32-45(64)61-29-21-25-42(61)51(72-14)38(8)52(66)57-41(31-39-23-18-17-19-24-39)55(69)73-30-22-28-56-44(63)26-20-27-46(65)74-34-47(71-13)75-40(16-2)33-62;1-6-17(15-25)31-21(29-4)16-30-20(28)10-7-9-18(26)23-13-8-14-24-19(27)11-12-22(2,3)33-32-5;1-3-9(7-13)19-12(17-2)8-18-11(16)6-4-5-10(14)15;1-3-6(4-8)11-7(5-9)10-2/h17-19,23-24,35-38,40-43,47-51,62H,15-16,20-22,25-34H2,1-14H3,(H,56,63)(H,57,66)(H,58,67);17,21,25H,6-16H2,1-5H3,(H,23,26)(H,24,27);9,12-13H,3-8H2,1-2H3,(H,14,15);6-9H,3-5H2,1-2H3/t37-,38+,40?,41-,42-,43+,47?,48-,49-,50-,51+;;;/m0.../s1. The fourth-order valence-electron chi connectivity index (χ4n) is 14.3. The first kappa shape index (κ1) is 133. The van der Waals surface area contributed by atoms with Gasteiger partial charge in [-0.2, -0.15) is 0 Å². The number of methoxy groups -OCH3 is 6. The van der Waals surface area contributed by atoms with Crippen LogP contribution in [0.1, 0.15) is 230 Å². The fourth-order valence-corrected chi connectivity index (χ4v) is 16.5. The molecular weight excluding hydrogens is 1840 g/mol. The largest absolute Gasteiger partial charge is 0.481 e. The third-order valence-electron chi connectivity index (χ3n) is 22.7. The molecule has 7 amide bonds. The number of esters is 4. The van der Waals surface area contributed by atoms with Gasteiger partial charge in [0.05, 0.1) is 107 Å². The number of rotatable bonds is 73. The molecule has 1 heterocycles. The van der Waals surface area contributed by atoms with Crippen LogP contribution in [0.2, 0.25) is 0 Å². The molecule has 0 aromatic heterocycles. The third kappa shape index (κ3) is 58.5. The Morgan fingerprint density at radius 2 is 0.957 bits per heavy atom. The van der Waals surface area contributed by atoms with Crippen molar-refractivity contribution in [2.24, 2.45) is 23.7 Å². The molecule has 8 unspecified atom stereocenters. The first-order chi connectivity index (χ1) is 65.6. The molecule has 1 saturated heterocycles. The summed E-state index contributed by atoms with van der Waals surface area (Å²) in [5.74, 6) is -5.72. The predicted octanol–water partition coefficient (Wildman–Crippen LogP) is 6.82. The molecule has 1 fully saturated rings. The van der Waals surface area contributed by atoms with Crippen molar-refractivity contribution in [3.63, 3.8) is 0 Å². The van der Waals surface area contributed by atoms with Crippen molar-refractivity contribution in [3.8, 4) is 0 Å². The number of benzene rings is 1. The molecule has 40 nitrogen and oxygen atoms in total. The van der Waals surface area contributed by atoms with Crippen LogP contribution in [0.3, 0.4) is 0 Å². The zero-order chi connectivity index (χ0) is 105. The van der Waals surface area contributed by atoms with Crippen molar-refractivity contribution in [2.75, 3.05) is 156 Å². The van der Waals surface area contributed by atoms with Gasteiger partial charge in [0.15, 0.2) is 25.2 Å². The zero-order valence-corrected chi connectivity index (χ0v) is 88.2. The lowest BCUT2D eigenvalue weighted by atomic mass is 9.89. The van der Waals surface area contributed by atoms with E-state index in [1.54, 1.807) is 45.4 Å². The number of hydrogen-bond donors (Lipinski definition) is 11. The molecule has 2 rings (SSSR count). The molecule has 1 aromatic rings. The maximum atomic E-state index is 14.5. The van der Waals surface area contributed by atoms with Gasteiger partial charge in [0.2, 0.25) is 41.4 Å². The SMILES string of the molecule is CCC(CO)OC(CO)OC.CCC(CO)OC(COC(=O)CCCC(=O)NCCCNC(=O)CCC(C)(C)SSC)OC.CCC(CO)OC(COC(=O)CCCC(=O)NCCCOC(=O)[C@H](Cc1ccccc1)NC(=O)[C@H](C)[C@@H](OC)[C@@H]1CCCN1C(=O)C[C@@H](OC)[C@H]([C@@H](C)CC)N(C)C(=O)[C@@H](NC(=O)[C@H](C(C)C)N(C)C)C(C)C)OC.CCC(CO)OC(COC(=O)CCCC(=O)O)OC. The number of nitrogens with zero attached hydrogens (tertiary/aromatic N) is 3. The molecule has 1 aliphatic heterocycles. The normalized spacial score (nSPS) is 16.0. The van der Waals surface area contributed by atoms with Gasteiger partial charge in [-0.15, -0.1) is 0 Å². The highest BCUT2D eigenvalue weighted by Crippen LogP contribution is 2.37. The van der Waals surface area contributed by atoms with E-state index >= 15 is 0 Å². The van der Waals surface area contributed by atoms with Gasteiger partial charge >= 0.3 is 29.8 Å². The maximum absolute atomic E-state index is 14.5. The van der Waals surface area contributed by atoms with Gasteiger partial charge in [-0.1, -0.05) is 135 Å². The van der Waals surface area contributed by atoms with Crippen LogP contribution in [-0.2, 0) is 130 Å². The Balaban J connectivity index is 0. The lowest BCUT2D eigenvalue weighted by Gasteiger charge is -2.41. The highest BCUT2D eigenvalue weighted by molar-refractivity contribution is 8.76. The van der Waals surface area contributed by atoms with Gasteiger partial charge in [0, 0.05) is 132 Å². The molecule has 1 aliphatic rings. The summed E-state index contributed by atoms with van der Waals surface area (Å²) in [5, 5.41) is 67.6. The molecule has 17 atom stereocenters. The van der Waals surface area contributed by atoms with Crippen LogP contribution in [0.5, 0.6) is 0 Å². The lowest BCUT2D eigenvalue weighted by molar-refractivity contribution is -0.194. The summed E-state index contributed by atoms with van der Waals surface area (Å²) in [7, 11) is 17.6. The Morgan fingerprint density at radius 1 is 0.514 bits per heavy atom. The van der Waals surface area contributed by atoms with E-state index < -0.39 is 115 Å². The Bertz CT molecular complexity index is 3440. The third-order valence-corrected chi connectivity index (χ3v) is 25.3. The summed E-state index contributed by atoms with van der Waals surface area (Å²) in [4.78, 5) is 157. The van der Waals surface area contributed by atoms with Gasteiger partial charge in [-0.05, 0) is 135 Å². The molecule has 138 heavy (non-hydrogen) atoms. The number of hydrogen-bond acceptors (Lipinski definition) is 34. The fraction of sp³-hybridized carbons (Fsp3) is 0.812. The van der Waals surface area contributed by atoms with Crippen LogP contribution < -0.4 is 26.6 Å². The molecule has 1 aromatic carbocycles. The van der Waals surface area contributed by atoms with Gasteiger partial charge in [-0.3, -0.25) is 57.6 Å². The lowest BCUT2D eigenvalue weighted by Crippen LogP contribution is -2.59. The van der Waals surface area contributed by atoms with Crippen LogP contribution >= 0.6 is 21.6 Å². The van der Waals surface area contributed by atoms with Crippen LogP contribution in [0.4, 0.5) is 0 Å². The van der Waals surface area contributed by atoms with Gasteiger partial charge in [0.25, 0.3) is 0 Å². The smallest absolute Gasteiger partial charge is 0.328 e. The van der Waals surface area contributed by atoms with Crippen LogP contribution in [0.25, 0.3) is 0 Å². The maximum Gasteiger partial charge on any atom is 0.328 e. The number of carboxylic acid groups (broad SMARTS) is 1. The number of likely N-dealkylation sites (N-methyl/N-ethyl adjacent to an activating group) is 2.